The van der Waals surface area contributed by atoms with Crippen LogP contribution in [0.2, 0.25) is 0 Å². The molecule has 1 unspecified atom stereocenters. The lowest BCUT2D eigenvalue weighted by Crippen LogP contribution is -2.47. The maximum atomic E-state index is 11.8. The average molecular weight is 214 g/mol. The number of hydrogen-bond donors (Lipinski definition) is 1. The van der Waals surface area contributed by atoms with Gasteiger partial charge in [-0.15, -0.1) is 0 Å². The second-order valence-electron chi connectivity index (χ2n) is 4.11. The van der Waals surface area contributed by atoms with Gasteiger partial charge in [0, 0.05) is 13.0 Å². The van der Waals surface area contributed by atoms with E-state index in [-0.39, 0.29) is 11.9 Å². The van der Waals surface area contributed by atoms with Crippen molar-refractivity contribution in [3.63, 3.8) is 0 Å². The quantitative estimate of drug-likeness (QED) is 0.687. The highest BCUT2D eigenvalue weighted by molar-refractivity contribution is 5.76. The lowest BCUT2D eigenvalue weighted by Gasteiger charge is -2.33. The molecule has 1 heterocycles. The molecule has 1 rings (SSSR count). The van der Waals surface area contributed by atoms with Gasteiger partial charge in [0.1, 0.15) is 0 Å². The summed E-state index contributed by atoms with van der Waals surface area (Å²) < 4.78 is 5.29. The van der Waals surface area contributed by atoms with Crippen molar-refractivity contribution in [2.45, 2.75) is 38.6 Å². The monoisotopic (exact) mass is 214 g/mol. The number of carbonyl (C=O) groups is 1. The maximum Gasteiger partial charge on any atom is 0.222 e. The van der Waals surface area contributed by atoms with Gasteiger partial charge in [0.25, 0.3) is 0 Å². The molecule has 0 spiro atoms. The first-order valence-corrected chi connectivity index (χ1v) is 5.83. The van der Waals surface area contributed by atoms with Crippen molar-refractivity contribution in [2.24, 2.45) is 5.73 Å². The molecule has 88 valence electrons. The van der Waals surface area contributed by atoms with Crippen molar-refractivity contribution in [2.75, 3.05) is 26.3 Å². The van der Waals surface area contributed by atoms with Gasteiger partial charge < -0.3 is 15.4 Å². The number of nitrogens with zero attached hydrogens (tertiary/aromatic N) is 1. The summed E-state index contributed by atoms with van der Waals surface area (Å²) in [6.07, 6.45) is 3.69. The van der Waals surface area contributed by atoms with Crippen LogP contribution in [-0.4, -0.2) is 43.2 Å². The number of unbranched alkanes of at least 4 members (excludes halogenated alkanes) is 2. The van der Waals surface area contributed by atoms with Crippen LogP contribution in [0.5, 0.6) is 0 Å². The topological polar surface area (TPSA) is 55.6 Å². The molecule has 1 fully saturated rings. The second kappa shape index (κ2) is 6.80. The standard InChI is InChI=1S/C11H22N2O2/c1-10-9-15-8-7-13(10)11(14)5-3-2-4-6-12/h10H,2-9,12H2,1H3. The van der Waals surface area contributed by atoms with Crippen molar-refractivity contribution in [3.8, 4) is 0 Å². The van der Waals surface area contributed by atoms with E-state index in [2.05, 4.69) is 0 Å². The van der Waals surface area contributed by atoms with Crippen LogP contribution < -0.4 is 5.73 Å². The van der Waals surface area contributed by atoms with Gasteiger partial charge in [-0.25, -0.2) is 0 Å². The maximum absolute atomic E-state index is 11.8. The van der Waals surface area contributed by atoms with Gasteiger partial charge in [0.2, 0.25) is 5.91 Å². The van der Waals surface area contributed by atoms with E-state index >= 15 is 0 Å². The first-order chi connectivity index (χ1) is 7.25. The molecule has 1 atom stereocenters. The minimum atomic E-state index is 0.237. The van der Waals surface area contributed by atoms with Crippen LogP contribution in [0, 0.1) is 0 Å². The SMILES string of the molecule is CC1COCCN1C(=O)CCCCCN. The van der Waals surface area contributed by atoms with Gasteiger partial charge in [-0.1, -0.05) is 6.42 Å². The second-order valence-corrected chi connectivity index (χ2v) is 4.11. The fourth-order valence-corrected chi connectivity index (χ4v) is 1.84. The Labute approximate surface area is 91.8 Å². The molecule has 0 aliphatic carbocycles. The Hall–Kier alpha value is -0.610. The molecular formula is C11H22N2O2. The van der Waals surface area contributed by atoms with Crippen molar-refractivity contribution in [1.29, 1.82) is 0 Å². The highest BCUT2D eigenvalue weighted by Gasteiger charge is 2.22. The number of nitrogens with two attached hydrogens (primary N) is 1. The summed E-state index contributed by atoms with van der Waals surface area (Å²) in [6.45, 7) is 4.86. The van der Waals surface area contributed by atoms with Gasteiger partial charge in [-0.3, -0.25) is 4.79 Å². The first-order valence-electron chi connectivity index (χ1n) is 5.83. The number of rotatable bonds is 5. The Bertz CT molecular complexity index is 197. The Kier molecular flexibility index (Phi) is 5.65. The average Bonchev–Trinajstić information content (AvgIpc) is 2.25. The Morgan fingerprint density at radius 2 is 2.27 bits per heavy atom. The molecule has 0 bridgehead atoms. The molecule has 4 heteroatoms. The summed E-state index contributed by atoms with van der Waals surface area (Å²) in [6, 6.07) is 0.237. The zero-order chi connectivity index (χ0) is 11.1. The molecule has 0 aromatic carbocycles. The third-order valence-corrected chi connectivity index (χ3v) is 2.78. The van der Waals surface area contributed by atoms with Crippen molar-refractivity contribution >= 4 is 5.91 Å². The van der Waals surface area contributed by atoms with Crippen LogP contribution in [0.4, 0.5) is 0 Å². The Morgan fingerprint density at radius 1 is 1.47 bits per heavy atom. The number of hydrogen-bond acceptors (Lipinski definition) is 3. The first kappa shape index (κ1) is 12.5. The van der Waals surface area contributed by atoms with Crippen molar-refractivity contribution in [3.05, 3.63) is 0 Å². The summed E-state index contributed by atoms with van der Waals surface area (Å²) >= 11 is 0. The van der Waals surface area contributed by atoms with Gasteiger partial charge in [-0.2, -0.15) is 0 Å². The molecule has 0 saturated carbocycles. The molecule has 1 aliphatic heterocycles. The van der Waals surface area contributed by atoms with E-state index in [9.17, 15) is 4.79 Å². The highest BCUT2D eigenvalue weighted by atomic mass is 16.5. The third-order valence-electron chi connectivity index (χ3n) is 2.78. The van der Waals surface area contributed by atoms with Crippen LogP contribution in [0.1, 0.15) is 32.6 Å². The van der Waals surface area contributed by atoms with E-state index < -0.39 is 0 Å². The molecular weight excluding hydrogens is 192 g/mol. The number of carbonyl (C=O) groups excluding carboxylic acids is 1. The molecule has 0 aromatic heterocycles. The molecule has 4 nitrogen and oxygen atoms in total. The van der Waals surface area contributed by atoms with Crippen LogP contribution in [0.15, 0.2) is 0 Å². The zero-order valence-electron chi connectivity index (χ0n) is 9.58. The molecule has 2 N–H and O–H groups in total. The zero-order valence-corrected chi connectivity index (χ0v) is 9.58. The number of ether oxygens (including phenoxy) is 1. The van der Waals surface area contributed by atoms with E-state index in [1.54, 1.807) is 0 Å². The van der Waals surface area contributed by atoms with E-state index in [4.69, 9.17) is 10.5 Å². The van der Waals surface area contributed by atoms with Crippen LogP contribution in [0.3, 0.4) is 0 Å². The Morgan fingerprint density at radius 3 is 2.93 bits per heavy atom. The van der Waals surface area contributed by atoms with Gasteiger partial charge in [0.05, 0.1) is 19.3 Å². The smallest absolute Gasteiger partial charge is 0.222 e. The summed E-state index contributed by atoms with van der Waals surface area (Å²) in [7, 11) is 0. The normalized spacial score (nSPS) is 21.7. The summed E-state index contributed by atoms with van der Waals surface area (Å²) in [4.78, 5) is 13.7. The molecule has 15 heavy (non-hydrogen) atoms. The lowest BCUT2D eigenvalue weighted by molar-refractivity contribution is -0.139. The summed E-state index contributed by atoms with van der Waals surface area (Å²) in [5.74, 6) is 0.267. The van der Waals surface area contributed by atoms with Crippen LogP contribution in [-0.2, 0) is 9.53 Å². The molecule has 0 aromatic rings. The highest BCUT2D eigenvalue weighted by Crippen LogP contribution is 2.10. The van der Waals surface area contributed by atoms with Crippen molar-refractivity contribution < 1.29 is 9.53 Å². The van der Waals surface area contributed by atoms with E-state index in [0.717, 1.165) is 32.4 Å². The molecule has 0 radical (unpaired) electrons. The fourth-order valence-electron chi connectivity index (χ4n) is 1.84. The third kappa shape index (κ3) is 4.18. The minimum Gasteiger partial charge on any atom is -0.377 e. The molecule has 1 aliphatic rings. The van der Waals surface area contributed by atoms with Gasteiger partial charge in [0.15, 0.2) is 0 Å². The lowest BCUT2D eigenvalue weighted by atomic mass is 10.1. The van der Waals surface area contributed by atoms with Crippen LogP contribution >= 0.6 is 0 Å². The summed E-state index contributed by atoms with van der Waals surface area (Å²) in [5, 5.41) is 0. The van der Waals surface area contributed by atoms with Gasteiger partial charge >= 0.3 is 0 Å². The minimum absolute atomic E-state index is 0.237. The number of amides is 1. The fraction of sp³-hybridized carbons (Fsp3) is 0.909. The van der Waals surface area contributed by atoms with Crippen LogP contribution in [0.25, 0.3) is 0 Å². The van der Waals surface area contributed by atoms with E-state index in [1.165, 1.54) is 0 Å². The van der Waals surface area contributed by atoms with Gasteiger partial charge in [-0.05, 0) is 26.3 Å². The van der Waals surface area contributed by atoms with E-state index in [0.29, 0.717) is 19.6 Å². The van der Waals surface area contributed by atoms with Crippen molar-refractivity contribution in [1.82, 2.24) is 4.90 Å². The van der Waals surface area contributed by atoms with E-state index in [1.807, 2.05) is 11.8 Å². The Balaban J connectivity index is 2.20. The number of morpholine rings is 1. The largest absolute Gasteiger partial charge is 0.377 e. The predicted octanol–water partition coefficient (Wildman–Crippen LogP) is 0.753. The molecule has 1 amide bonds. The predicted molar refractivity (Wildman–Crippen MR) is 59.5 cm³/mol. The summed E-state index contributed by atoms with van der Waals surface area (Å²) in [5.41, 5.74) is 5.40. The molecule has 1 saturated heterocycles.